The maximum atomic E-state index is 12.4. The van der Waals surface area contributed by atoms with E-state index < -0.39 is 12.3 Å². The highest BCUT2D eigenvalue weighted by Gasteiger charge is 2.30. The number of amides is 1. The lowest BCUT2D eigenvalue weighted by molar-refractivity contribution is -0.146. The van der Waals surface area contributed by atoms with Gasteiger partial charge in [-0.2, -0.15) is 8.78 Å². The molecule has 0 radical (unpaired) electrons. The maximum Gasteiger partial charge on any atom is 0.315 e. The molecule has 94 valence electrons. The van der Waals surface area contributed by atoms with Gasteiger partial charge in [-0.15, -0.1) is 0 Å². The smallest absolute Gasteiger partial charge is 0.315 e. The molecule has 0 spiro atoms. The maximum absolute atomic E-state index is 12.4. The van der Waals surface area contributed by atoms with Gasteiger partial charge in [0.2, 0.25) is 0 Å². The fraction of sp³-hybridized carbons (Fsp3) is 0.900. The molecule has 1 saturated heterocycles. The molecule has 1 N–H and O–H groups in total. The predicted molar refractivity (Wildman–Crippen MR) is 55.3 cm³/mol. The van der Waals surface area contributed by atoms with Gasteiger partial charge in [0.05, 0.1) is 6.61 Å². The van der Waals surface area contributed by atoms with Crippen molar-refractivity contribution in [2.24, 2.45) is 0 Å². The molecule has 0 aromatic rings. The molecule has 0 atom stereocenters. The van der Waals surface area contributed by atoms with Crippen molar-refractivity contribution in [3.05, 3.63) is 0 Å². The molecule has 0 unspecified atom stereocenters. The highest BCUT2D eigenvalue weighted by molar-refractivity contribution is 5.79. The SMILES string of the molecule is CN1CCC(N(CCO)C(=O)C(F)F)CC1. The Hall–Kier alpha value is -0.750. The number of hydrogen-bond acceptors (Lipinski definition) is 3. The van der Waals surface area contributed by atoms with Gasteiger partial charge in [-0.25, -0.2) is 0 Å². The molecule has 0 aromatic carbocycles. The Labute approximate surface area is 93.8 Å². The summed E-state index contributed by atoms with van der Waals surface area (Å²) in [6.45, 7) is 1.31. The van der Waals surface area contributed by atoms with Crippen molar-refractivity contribution in [1.82, 2.24) is 9.80 Å². The van der Waals surface area contributed by atoms with E-state index in [-0.39, 0.29) is 19.2 Å². The van der Waals surface area contributed by atoms with Crippen LogP contribution in [0.15, 0.2) is 0 Å². The first-order valence-corrected chi connectivity index (χ1v) is 5.44. The van der Waals surface area contributed by atoms with Crippen LogP contribution in [0.4, 0.5) is 8.78 Å². The van der Waals surface area contributed by atoms with Crippen molar-refractivity contribution in [2.45, 2.75) is 25.3 Å². The zero-order valence-corrected chi connectivity index (χ0v) is 9.40. The Morgan fingerprint density at radius 2 is 2.06 bits per heavy atom. The van der Waals surface area contributed by atoms with Gasteiger partial charge in [-0.1, -0.05) is 0 Å². The van der Waals surface area contributed by atoms with Crippen LogP contribution in [-0.4, -0.2) is 66.6 Å². The number of hydrogen-bond donors (Lipinski definition) is 1. The van der Waals surface area contributed by atoms with Gasteiger partial charge >= 0.3 is 6.43 Å². The molecule has 16 heavy (non-hydrogen) atoms. The number of carbonyl (C=O) groups excluding carboxylic acids is 1. The van der Waals surface area contributed by atoms with Gasteiger partial charge in [0.15, 0.2) is 0 Å². The molecule has 1 heterocycles. The summed E-state index contributed by atoms with van der Waals surface area (Å²) >= 11 is 0. The van der Waals surface area contributed by atoms with Crippen molar-refractivity contribution in [3.63, 3.8) is 0 Å². The number of aliphatic hydroxyl groups excluding tert-OH is 1. The normalized spacial score (nSPS) is 19.1. The molecule has 0 saturated carbocycles. The molecule has 1 amide bonds. The first kappa shape index (κ1) is 13.3. The van der Waals surface area contributed by atoms with E-state index in [9.17, 15) is 13.6 Å². The fourth-order valence-corrected chi connectivity index (χ4v) is 2.01. The third-order valence-corrected chi connectivity index (χ3v) is 2.94. The summed E-state index contributed by atoms with van der Waals surface area (Å²) < 4.78 is 24.7. The first-order valence-electron chi connectivity index (χ1n) is 5.44. The van der Waals surface area contributed by atoms with Gasteiger partial charge in [0, 0.05) is 12.6 Å². The topological polar surface area (TPSA) is 43.8 Å². The Balaban J connectivity index is 2.59. The highest BCUT2D eigenvalue weighted by Crippen LogP contribution is 2.17. The summed E-state index contributed by atoms with van der Waals surface area (Å²) in [5.74, 6) is -1.16. The molecule has 6 heteroatoms. The minimum atomic E-state index is -2.98. The molecule has 1 aliphatic rings. The average Bonchev–Trinajstić information content (AvgIpc) is 2.26. The molecule has 1 rings (SSSR count). The summed E-state index contributed by atoms with van der Waals surface area (Å²) in [5.41, 5.74) is 0. The predicted octanol–water partition coefficient (Wildman–Crippen LogP) is 0.167. The highest BCUT2D eigenvalue weighted by atomic mass is 19.3. The molecule has 0 aliphatic carbocycles. The van der Waals surface area contributed by atoms with Crippen molar-refractivity contribution >= 4 is 5.91 Å². The van der Waals surface area contributed by atoms with Crippen LogP contribution >= 0.6 is 0 Å². The second-order valence-corrected chi connectivity index (χ2v) is 4.09. The van der Waals surface area contributed by atoms with E-state index in [1.807, 2.05) is 7.05 Å². The lowest BCUT2D eigenvalue weighted by atomic mass is 10.0. The summed E-state index contributed by atoms with van der Waals surface area (Å²) in [6, 6.07) is -0.162. The first-order chi connectivity index (χ1) is 7.56. The van der Waals surface area contributed by atoms with E-state index >= 15 is 0 Å². The standard InChI is InChI=1S/C10H18F2N2O2/c1-13-4-2-8(3-5-13)14(6-7-15)10(16)9(11)12/h8-9,15H,2-7H2,1H3. The quantitative estimate of drug-likeness (QED) is 0.756. The minimum Gasteiger partial charge on any atom is -0.395 e. The largest absolute Gasteiger partial charge is 0.395 e. The molecule has 1 aliphatic heterocycles. The van der Waals surface area contributed by atoms with Crippen LogP contribution in [0.5, 0.6) is 0 Å². The molecule has 0 aromatic heterocycles. The van der Waals surface area contributed by atoms with Gasteiger partial charge in [-0.3, -0.25) is 4.79 Å². The van der Waals surface area contributed by atoms with Gasteiger partial charge in [0.25, 0.3) is 5.91 Å². The van der Waals surface area contributed by atoms with Crippen LogP contribution < -0.4 is 0 Å². The summed E-state index contributed by atoms with van der Waals surface area (Å²) in [7, 11) is 1.96. The number of likely N-dealkylation sites (tertiary alicyclic amines) is 1. The monoisotopic (exact) mass is 236 g/mol. The van der Waals surface area contributed by atoms with Gasteiger partial charge < -0.3 is 14.9 Å². The van der Waals surface area contributed by atoms with Crippen LogP contribution in [0.3, 0.4) is 0 Å². The third kappa shape index (κ3) is 3.38. The molecular weight excluding hydrogens is 218 g/mol. The molecular formula is C10H18F2N2O2. The van der Waals surface area contributed by atoms with Crippen molar-refractivity contribution < 1.29 is 18.7 Å². The summed E-state index contributed by atoms with van der Waals surface area (Å²) in [6.07, 6.45) is -1.60. The molecule has 0 bridgehead atoms. The van der Waals surface area contributed by atoms with Gasteiger partial charge in [0.1, 0.15) is 0 Å². The molecule has 1 fully saturated rings. The van der Waals surface area contributed by atoms with Crippen molar-refractivity contribution in [3.8, 4) is 0 Å². The number of carbonyl (C=O) groups is 1. The van der Waals surface area contributed by atoms with Crippen LogP contribution in [0.2, 0.25) is 0 Å². The second kappa shape index (κ2) is 6.10. The fourth-order valence-electron chi connectivity index (χ4n) is 2.01. The van der Waals surface area contributed by atoms with Crippen LogP contribution in [-0.2, 0) is 4.79 Å². The van der Waals surface area contributed by atoms with Crippen LogP contribution in [0, 0.1) is 0 Å². The lowest BCUT2D eigenvalue weighted by Crippen LogP contribution is -2.49. The minimum absolute atomic E-state index is 0.00243. The number of rotatable bonds is 4. The zero-order chi connectivity index (χ0) is 12.1. The van der Waals surface area contributed by atoms with E-state index in [1.54, 1.807) is 0 Å². The van der Waals surface area contributed by atoms with E-state index in [0.717, 1.165) is 18.0 Å². The Kier molecular flexibility index (Phi) is 5.08. The van der Waals surface area contributed by atoms with E-state index in [2.05, 4.69) is 4.90 Å². The number of piperidine rings is 1. The Morgan fingerprint density at radius 1 is 1.50 bits per heavy atom. The van der Waals surface area contributed by atoms with Crippen molar-refractivity contribution in [2.75, 3.05) is 33.3 Å². The Bertz CT molecular complexity index is 231. The van der Waals surface area contributed by atoms with Crippen LogP contribution in [0.1, 0.15) is 12.8 Å². The second-order valence-electron chi connectivity index (χ2n) is 4.09. The third-order valence-electron chi connectivity index (χ3n) is 2.94. The summed E-state index contributed by atoms with van der Waals surface area (Å²) in [5, 5.41) is 8.80. The number of aliphatic hydroxyl groups is 1. The number of nitrogens with zero attached hydrogens (tertiary/aromatic N) is 2. The lowest BCUT2D eigenvalue weighted by Gasteiger charge is -2.36. The average molecular weight is 236 g/mol. The summed E-state index contributed by atoms with van der Waals surface area (Å²) in [4.78, 5) is 14.5. The van der Waals surface area contributed by atoms with E-state index in [4.69, 9.17) is 5.11 Å². The molecule has 4 nitrogen and oxygen atoms in total. The zero-order valence-electron chi connectivity index (χ0n) is 9.40. The van der Waals surface area contributed by atoms with E-state index in [0.29, 0.717) is 12.8 Å². The van der Waals surface area contributed by atoms with E-state index in [1.165, 1.54) is 0 Å². The van der Waals surface area contributed by atoms with Crippen LogP contribution in [0.25, 0.3) is 0 Å². The number of halogens is 2. The van der Waals surface area contributed by atoms with Gasteiger partial charge in [-0.05, 0) is 33.0 Å². The Morgan fingerprint density at radius 3 is 2.50 bits per heavy atom. The van der Waals surface area contributed by atoms with Crippen molar-refractivity contribution in [1.29, 1.82) is 0 Å². The number of alkyl halides is 2.